The molecule has 2 N–H and O–H groups in total. The first-order chi connectivity index (χ1) is 10.9. The summed E-state index contributed by atoms with van der Waals surface area (Å²) in [5, 5.41) is 5.70. The smallest absolute Gasteiger partial charge is 0.253 e. The molecule has 0 saturated carbocycles. The summed E-state index contributed by atoms with van der Waals surface area (Å²) in [5.74, 6) is 0.117. The van der Waals surface area contributed by atoms with Crippen molar-refractivity contribution in [2.24, 2.45) is 5.92 Å². The maximum Gasteiger partial charge on any atom is 0.253 e. The lowest BCUT2D eigenvalue weighted by atomic mass is 10.1. The van der Waals surface area contributed by atoms with Crippen molar-refractivity contribution in [3.8, 4) is 0 Å². The number of nitrogens with one attached hydrogen (secondary N) is 2. The average Bonchev–Trinajstić information content (AvgIpc) is 2.51. The molecule has 0 aliphatic rings. The number of carbonyl (C=O) groups excluding carboxylic acids is 2. The van der Waals surface area contributed by atoms with Crippen LogP contribution in [0.2, 0.25) is 0 Å². The molecule has 0 saturated heterocycles. The summed E-state index contributed by atoms with van der Waals surface area (Å²) in [7, 11) is 0. The highest BCUT2D eigenvalue weighted by Crippen LogP contribution is 2.15. The van der Waals surface area contributed by atoms with Crippen LogP contribution in [0.25, 0.3) is 0 Å². The maximum absolute atomic E-state index is 12.3. The first-order valence-electron chi connectivity index (χ1n) is 8.21. The van der Waals surface area contributed by atoms with Gasteiger partial charge in [-0.3, -0.25) is 9.59 Å². The Bertz CT molecular complexity index is 515. The van der Waals surface area contributed by atoms with E-state index in [-0.39, 0.29) is 24.3 Å². The van der Waals surface area contributed by atoms with Crippen LogP contribution >= 0.6 is 0 Å². The molecule has 1 atom stereocenters. The second kappa shape index (κ2) is 10.0. The van der Waals surface area contributed by atoms with Crippen molar-refractivity contribution in [1.29, 1.82) is 0 Å². The molecule has 0 bridgehead atoms. The Balaban J connectivity index is 2.59. The third kappa shape index (κ3) is 7.28. The van der Waals surface area contributed by atoms with Crippen molar-refractivity contribution in [3.63, 3.8) is 0 Å². The molecule has 128 valence electrons. The van der Waals surface area contributed by atoms with Crippen LogP contribution in [0.1, 0.15) is 50.9 Å². The Hall–Kier alpha value is -1.88. The van der Waals surface area contributed by atoms with Crippen LogP contribution < -0.4 is 10.6 Å². The Labute approximate surface area is 138 Å². The molecule has 0 fully saturated rings. The fraction of sp³-hybridized carbons (Fsp3) is 0.556. The molecule has 0 radical (unpaired) electrons. The van der Waals surface area contributed by atoms with Gasteiger partial charge in [-0.1, -0.05) is 32.9 Å². The number of amides is 2. The summed E-state index contributed by atoms with van der Waals surface area (Å²) >= 11 is 0. The minimum atomic E-state index is -0.175. The van der Waals surface area contributed by atoms with E-state index in [1.54, 1.807) is 24.3 Å². The van der Waals surface area contributed by atoms with Gasteiger partial charge in [0, 0.05) is 12.6 Å². The van der Waals surface area contributed by atoms with Crippen LogP contribution in [0, 0.1) is 5.92 Å². The first kappa shape index (κ1) is 19.2. The third-order valence-corrected chi connectivity index (χ3v) is 3.36. The zero-order valence-corrected chi connectivity index (χ0v) is 14.5. The summed E-state index contributed by atoms with van der Waals surface area (Å²) in [6, 6.07) is 7.12. The summed E-state index contributed by atoms with van der Waals surface area (Å²) in [5.41, 5.74) is 1.01. The van der Waals surface area contributed by atoms with E-state index in [0.29, 0.717) is 30.4 Å². The highest BCUT2D eigenvalue weighted by Gasteiger charge is 2.14. The predicted molar refractivity (Wildman–Crippen MR) is 92.6 cm³/mol. The molecule has 0 spiro atoms. The second-order valence-electron chi connectivity index (χ2n) is 6.10. The van der Waals surface area contributed by atoms with Crippen molar-refractivity contribution in [2.75, 3.05) is 18.5 Å². The number of carbonyl (C=O) groups is 2. The van der Waals surface area contributed by atoms with Crippen molar-refractivity contribution in [2.45, 2.75) is 46.6 Å². The molecule has 0 heterocycles. The minimum Gasteiger partial charge on any atom is -0.381 e. The van der Waals surface area contributed by atoms with Gasteiger partial charge < -0.3 is 15.4 Å². The lowest BCUT2D eigenvalue weighted by Gasteiger charge is -2.14. The van der Waals surface area contributed by atoms with Gasteiger partial charge in [-0.2, -0.15) is 0 Å². The van der Waals surface area contributed by atoms with E-state index in [1.807, 2.05) is 13.8 Å². The Morgan fingerprint density at radius 3 is 2.52 bits per heavy atom. The van der Waals surface area contributed by atoms with Gasteiger partial charge in [-0.15, -0.1) is 0 Å². The molecule has 1 aromatic carbocycles. The van der Waals surface area contributed by atoms with Gasteiger partial charge in [0.25, 0.3) is 5.91 Å². The van der Waals surface area contributed by atoms with Gasteiger partial charge in [-0.25, -0.2) is 0 Å². The SMILES string of the molecule is CC[C@@H](C)NC(=O)c1ccccc1NC(=O)CCOCC(C)C. The summed E-state index contributed by atoms with van der Waals surface area (Å²) in [4.78, 5) is 24.3. The molecule has 0 aromatic heterocycles. The van der Waals surface area contributed by atoms with Crippen LogP contribution in [0.4, 0.5) is 5.69 Å². The topological polar surface area (TPSA) is 67.4 Å². The molecule has 0 unspecified atom stereocenters. The average molecular weight is 320 g/mol. The Morgan fingerprint density at radius 2 is 1.87 bits per heavy atom. The molecule has 2 amide bonds. The molecule has 5 nitrogen and oxygen atoms in total. The summed E-state index contributed by atoms with van der Waals surface area (Å²) in [6.07, 6.45) is 1.13. The summed E-state index contributed by atoms with van der Waals surface area (Å²) < 4.78 is 5.41. The Morgan fingerprint density at radius 1 is 1.17 bits per heavy atom. The van der Waals surface area contributed by atoms with Crippen LogP contribution in [-0.4, -0.2) is 31.1 Å². The van der Waals surface area contributed by atoms with Gasteiger partial charge in [0.05, 0.1) is 24.3 Å². The maximum atomic E-state index is 12.3. The van der Waals surface area contributed by atoms with E-state index in [1.165, 1.54) is 0 Å². The zero-order valence-electron chi connectivity index (χ0n) is 14.5. The number of rotatable bonds is 9. The van der Waals surface area contributed by atoms with Gasteiger partial charge in [0.15, 0.2) is 0 Å². The van der Waals surface area contributed by atoms with E-state index < -0.39 is 0 Å². The highest BCUT2D eigenvalue weighted by atomic mass is 16.5. The molecular weight excluding hydrogens is 292 g/mol. The van der Waals surface area contributed by atoms with Gasteiger partial charge >= 0.3 is 0 Å². The van der Waals surface area contributed by atoms with E-state index in [4.69, 9.17) is 4.74 Å². The lowest BCUT2D eigenvalue weighted by Crippen LogP contribution is -2.32. The molecule has 1 aromatic rings. The largest absolute Gasteiger partial charge is 0.381 e. The van der Waals surface area contributed by atoms with Crippen molar-refractivity contribution >= 4 is 17.5 Å². The van der Waals surface area contributed by atoms with Gasteiger partial charge in [0.1, 0.15) is 0 Å². The number of hydrogen-bond donors (Lipinski definition) is 2. The minimum absolute atomic E-state index is 0.0932. The zero-order chi connectivity index (χ0) is 17.2. The van der Waals surface area contributed by atoms with Crippen LogP contribution in [0.3, 0.4) is 0 Å². The van der Waals surface area contributed by atoms with Crippen LogP contribution in [0.15, 0.2) is 24.3 Å². The highest BCUT2D eigenvalue weighted by molar-refractivity contribution is 6.03. The summed E-state index contributed by atoms with van der Waals surface area (Å²) in [6.45, 7) is 9.10. The predicted octanol–water partition coefficient (Wildman–Crippen LogP) is 3.22. The van der Waals surface area contributed by atoms with Gasteiger partial charge in [0.2, 0.25) is 5.91 Å². The number of ether oxygens (including phenoxy) is 1. The standard InChI is InChI=1S/C18H28N2O3/c1-5-14(4)19-18(22)15-8-6-7-9-16(15)20-17(21)10-11-23-12-13(2)3/h6-9,13-14H,5,10-12H2,1-4H3,(H,19,22)(H,20,21)/t14-/m1/s1. The third-order valence-electron chi connectivity index (χ3n) is 3.36. The molecular formula is C18H28N2O3. The van der Waals surface area contributed by atoms with Gasteiger partial charge in [-0.05, 0) is 31.4 Å². The molecule has 0 aliphatic carbocycles. The molecule has 23 heavy (non-hydrogen) atoms. The quantitative estimate of drug-likeness (QED) is 0.687. The molecule has 1 rings (SSSR count). The van der Waals surface area contributed by atoms with Crippen LogP contribution in [0.5, 0.6) is 0 Å². The van der Waals surface area contributed by atoms with Crippen molar-refractivity contribution < 1.29 is 14.3 Å². The monoisotopic (exact) mass is 320 g/mol. The van der Waals surface area contributed by atoms with E-state index in [9.17, 15) is 9.59 Å². The number of hydrogen-bond acceptors (Lipinski definition) is 3. The number of para-hydroxylation sites is 1. The molecule has 5 heteroatoms. The Kier molecular flexibility index (Phi) is 8.33. The van der Waals surface area contributed by atoms with E-state index in [2.05, 4.69) is 24.5 Å². The number of benzene rings is 1. The lowest BCUT2D eigenvalue weighted by molar-refractivity contribution is -0.117. The van der Waals surface area contributed by atoms with Crippen molar-refractivity contribution in [3.05, 3.63) is 29.8 Å². The number of anilines is 1. The van der Waals surface area contributed by atoms with Crippen molar-refractivity contribution in [1.82, 2.24) is 5.32 Å². The van der Waals surface area contributed by atoms with E-state index >= 15 is 0 Å². The normalized spacial score (nSPS) is 12.0. The van der Waals surface area contributed by atoms with E-state index in [0.717, 1.165) is 6.42 Å². The molecule has 0 aliphatic heterocycles. The fourth-order valence-corrected chi connectivity index (χ4v) is 1.89. The first-order valence-corrected chi connectivity index (χ1v) is 8.21. The fourth-order valence-electron chi connectivity index (χ4n) is 1.89. The van der Waals surface area contributed by atoms with Crippen LogP contribution in [-0.2, 0) is 9.53 Å². The second-order valence-corrected chi connectivity index (χ2v) is 6.10.